The molecule has 41 heavy (non-hydrogen) atoms. The number of allylic oxidation sites excluding steroid dienone is 1. The Hall–Kier alpha value is -3.82. The van der Waals surface area contributed by atoms with Gasteiger partial charge in [-0.05, 0) is 44.5 Å². The molecule has 0 spiro atoms. The normalized spacial score (nSPS) is 11.8. The Labute approximate surface area is 244 Å². The van der Waals surface area contributed by atoms with Crippen LogP contribution >= 0.6 is 22.7 Å². The Morgan fingerprint density at radius 3 is 2.39 bits per heavy atom. The number of esters is 2. The molecular weight excluding hydrogens is 594 g/mol. The largest absolute Gasteiger partial charge is 0.497 e. The van der Waals surface area contributed by atoms with Crippen molar-refractivity contribution in [3.05, 3.63) is 51.7 Å². The summed E-state index contributed by atoms with van der Waals surface area (Å²) in [5.74, 6) is -4.93. The number of aromatic nitrogens is 1. The fourth-order valence-corrected chi connectivity index (χ4v) is 6.96. The second-order valence-corrected chi connectivity index (χ2v) is 12.5. The van der Waals surface area contributed by atoms with Crippen LogP contribution in [-0.2, 0) is 35.4 Å². The van der Waals surface area contributed by atoms with Crippen molar-refractivity contribution in [2.45, 2.75) is 27.3 Å². The lowest BCUT2D eigenvalue weighted by Gasteiger charge is -2.07. The fraction of sp³-hybridized carbons (Fsp3) is 0.346. The highest BCUT2D eigenvalue weighted by Crippen LogP contribution is 2.34. The quantitative estimate of drug-likeness (QED) is 0.236. The smallest absolute Gasteiger partial charge is 0.348 e. The van der Waals surface area contributed by atoms with E-state index < -0.39 is 45.1 Å². The van der Waals surface area contributed by atoms with Crippen molar-refractivity contribution in [1.29, 1.82) is 0 Å². The van der Waals surface area contributed by atoms with Crippen molar-refractivity contribution in [3.63, 3.8) is 0 Å². The van der Waals surface area contributed by atoms with E-state index in [-0.39, 0.29) is 39.0 Å². The molecule has 0 saturated heterocycles. The monoisotopic (exact) mass is 623 g/mol. The molecule has 0 aliphatic rings. The van der Waals surface area contributed by atoms with Crippen LogP contribution in [0.25, 0.3) is 10.2 Å². The number of nitrogens with one attached hydrogen (secondary N) is 1. The summed E-state index contributed by atoms with van der Waals surface area (Å²) in [6.07, 6.45) is 1.62. The standard InChI is InChI=1S/C26H29N3O9S3/c1-6-11-29-17-10-9-16(36-5)12-18(17)39-26(29)28-20(31)14-41(34,35)13-19(30)27-23-21(24(32)37-7-2)15(4)22(40-23)25(33)38-8-3/h6,9-10,12H,1,7-8,11,13-14H2,2-5H3,(H,27,30). The van der Waals surface area contributed by atoms with E-state index in [1.807, 2.05) is 0 Å². The molecule has 0 aliphatic heterocycles. The number of hydrogen-bond donors (Lipinski definition) is 1. The Morgan fingerprint density at radius 2 is 1.76 bits per heavy atom. The Kier molecular flexibility index (Phi) is 10.6. The number of benzene rings is 1. The number of thiophene rings is 1. The van der Waals surface area contributed by atoms with Crippen LogP contribution in [0.15, 0.2) is 35.8 Å². The molecule has 0 fully saturated rings. The van der Waals surface area contributed by atoms with Crippen molar-refractivity contribution in [1.82, 2.24) is 4.57 Å². The van der Waals surface area contributed by atoms with Crippen LogP contribution in [0.2, 0.25) is 0 Å². The van der Waals surface area contributed by atoms with Gasteiger partial charge in [0, 0.05) is 6.54 Å². The van der Waals surface area contributed by atoms with Crippen LogP contribution in [-0.4, -0.2) is 68.6 Å². The molecule has 3 aromatic rings. The molecule has 0 radical (unpaired) electrons. The van der Waals surface area contributed by atoms with Crippen molar-refractivity contribution >= 4 is 71.5 Å². The van der Waals surface area contributed by atoms with Gasteiger partial charge < -0.3 is 24.1 Å². The second-order valence-electron chi connectivity index (χ2n) is 8.40. The van der Waals surface area contributed by atoms with E-state index in [4.69, 9.17) is 14.2 Å². The molecule has 3 rings (SSSR count). The lowest BCUT2D eigenvalue weighted by Crippen LogP contribution is -2.28. The van der Waals surface area contributed by atoms with Gasteiger partial charge in [0.1, 0.15) is 27.1 Å². The third-order valence-electron chi connectivity index (χ3n) is 5.46. The predicted octanol–water partition coefficient (Wildman–Crippen LogP) is 3.10. The number of fused-ring (bicyclic) bond motifs is 1. The first-order valence-corrected chi connectivity index (χ1v) is 15.7. The van der Waals surface area contributed by atoms with E-state index >= 15 is 0 Å². The molecule has 2 amide bonds. The molecule has 2 heterocycles. The molecule has 0 unspecified atom stereocenters. The first-order chi connectivity index (χ1) is 19.4. The van der Waals surface area contributed by atoms with Gasteiger partial charge in [0.25, 0.3) is 5.91 Å². The van der Waals surface area contributed by atoms with E-state index in [1.165, 1.54) is 25.4 Å². The highest BCUT2D eigenvalue weighted by molar-refractivity contribution is 7.92. The number of hydrogen-bond acceptors (Lipinski definition) is 11. The minimum absolute atomic E-state index is 0.0381. The zero-order chi connectivity index (χ0) is 30.3. The predicted molar refractivity (Wildman–Crippen MR) is 155 cm³/mol. The summed E-state index contributed by atoms with van der Waals surface area (Å²) in [6.45, 7) is 8.86. The number of rotatable bonds is 12. The second kappa shape index (κ2) is 13.7. The number of ether oxygens (including phenoxy) is 3. The molecular formula is C26H29N3O9S3. The number of carbonyl (C=O) groups excluding carboxylic acids is 4. The zero-order valence-electron chi connectivity index (χ0n) is 22.8. The molecule has 0 bridgehead atoms. The summed E-state index contributed by atoms with van der Waals surface area (Å²) < 4.78 is 43.2. The topological polar surface area (TPSA) is 159 Å². The molecule has 0 saturated carbocycles. The van der Waals surface area contributed by atoms with Gasteiger partial charge in [0.05, 0.1) is 36.1 Å². The average molecular weight is 624 g/mol. The maximum atomic E-state index is 12.7. The van der Waals surface area contributed by atoms with E-state index in [0.29, 0.717) is 12.3 Å². The van der Waals surface area contributed by atoms with Crippen LogP contribution in [0.1, 0.15) is 39.4 Å². The Morgan fingerprint density at radius 1 is 1.07 bits per heavy atom. The Bertz CT molecular complexity index is 1680. The summed E-state index contributed by atoms with van der Waals surface area (Å²) in [5, 5.41) is 2.30. The first kappa shape index (κ1) is 31.7. The summed E-state index contributed by atoms with van der Waals surface area (Å²) in [5.41, 5.74) is 0.910. The number of amides is 2. The highest BCUT2D eigenvalue weighted by atomic mass is 32.2. The lowest BCUT2D eigenvalue weighted by molar-refractivity contribution is -0.115. The van der Waals surface area contributed by atoms with Gasteiger partial charge in [-0.1, -0.05) is 17.4 Å². The summed E-state index contributed by atoms with van der Waals surface area (Å²) in [6, 6.07) is 5.32. The van der Waals surface area contributed by atoms with Gasteiger partial charge in [-0.3, -0.25) is 9.59 Å². The molecule has 0 aliphatic carbocycles. The number of nitrogens with zero attached hydrogens (tertiary/aromatic N) is 2. The zero-order valence-corrected chi connectivity index (χ0v) is 25.3. The Balaban J connectivity index is 1.82. The average Bonchev–Trinajstić information content (AvgIpc) is 3.39. The van der Waals surface area contributed by atoms with E-state index in [2.05, 4.69) is 16.9 Å². The number of anilines is 1. The van der Waals surface area contributed by atoms with Crippen molar-refractivity contribution in [2.75, 3.05) is 37.1 Å². The number of thiazole rings is 1. The lowest BCUT2D eigenvalue weighted by atomic mass is 10.1. The van der Waals surface area contributed by atoms with Crippen LogP contribution in [0.5, 0.6) is 5.75 Å². The van der Waals surface area contributed by atoms with E-state index in [9.17, 15) is 27.6 Å². The van der Waals surface area contributed by atoms with Crippen LogP contribution < -0.4 is 14.9 Å². The molecule has 12 nitrogen and oxygen atoms in total. The molecule has 220 valence electrons. The van der Waals surface area contributed by atoms with Crippen LogP contribution in [0.3, 0.4) is 0 Å². The summed E-state index contributed by atoms with van der Waals surface area (Å²) in [7, 11) is -2.73. The minimum Gasteiger partial charge on any atom is -0.497 e. The molecule has 1 aromatic carbocycles. The molecule has 15 heteroatoms. The summed E-state index contributed by atoms with van der Waals surface area (Å²) in [4.78, 5) is 54.6. The fourth-order valence-electron chi connectivity index (χ4n) is 3.75. The van der Waals surface area contributed by atoms with Gasteiger partial charge in [0.2, 0.25) is 5.91 Å². The minimum atomic E-state index is -4.26. The van der Waals surface area contributed by atoms with Crippen molar-refractivity contribution in [2.24, 2.45) is 4.99 Å². The van der Waals surface area contributed by atoms with Gasteiger partial charge in [-0.2, -0.15) is 4.99 Å². The SMILES string of the molecule is C=CCn1c(=NC(=O)CS(=O)(=O)CC(=O)Nc2sc(C(=O)OCC)c(C)c2C(=O)OCC)sc2cc(OC)ccc21. The van der Waals surface area contributed by atoms with Crippen LogP contribution in [0.4, 0.5) is 5.00 Å². The number of sulfone groups is 1. The van der Waals surface area contributed by atoms with Crippen molar-refractivity contribution < 1.29 is 41.8 Å². The number of carbonyl (C=O) groups is 4. The maximum absolute atomic E-state index is 12.7. The van der Waals surface area contributed by atoms with E-state index in [1.54, 1.807) is 42.7 Å². The third kappa shape index (κ3) is 7.68. The van der Waals surface area contributed by atoms with E-state index in [0.717, 1.165) is 21.6 Å². The van der Waals surface area contributed by atoms with Gasteiger partial charge >= 0.3 is 11.9 Å². The molecule has 2 aromatic heterocycles. The number of methoxy groups -OCH3 is 1. The van der Waals surface area contributed by atoms with Gasteiger partial charge in [-0.15, -0.1) is 17.9 Å². The summed E-state index contributed by atoms with van der Waals surface area (Å²) >= 11 is 1.94. The third-order valence-corrected chi connectivity index (χ3v) is 9.07. The van der Waals surface area contributed by atoms with Gasteiger partial charge in [-0.25, -0.2) is 18.0 Å². The van der Waals surface area contributed by atoms with Gasteiger partial charge in [0.15, 0.2) is 14.6 Å². The first-order valence-electron chi connectivity index (χ1n) is 12.3. The molecule has 1 N–H and O–H groups in total. The van der Waals surface area contributed by atoms with Crippen LogP contribution in [0, 0.1) is 6.92 Å². The molecule has 0 atom stereocenters. The van der Waals surface area contributed by atoms with Crippen molar-refractivity contribution in [3.8, 4) is 5.75 Å². The highest BCUT2D eigenvalue weighted by Gasteiger charge is 2.29. The maximum Gasteiger partial charge on any atom is 0.348 e.